The van der Waals surface area contributed by atoms with Crippen LogP contribution in [0, 0.1) is 0 Å². The van der Waals surface area contributed by atoms with Gasteiger partial charge in [-0.1, -0.05) is 66.9 Å². The van der Waals surface area contributed by atoms with E-state index in [2.05, 4.69) is 12.1 Å². The number of hydrogen-bond donors (Lipinski definition) is 1. The highest BCUT2D eigenvalue weighted by Gasteiger charge is 2.40. The van der Waals surface area contributed by atoms with Crippen LogP contribution in [-0.2, 0) is 5.60 Å². The normalized spacial score (nSPS) is 26.4. The largest absolute Gasteiger partial charge is 0.385 e. The molecule has 0 spiro atoms. The van der Waals surface area contributed by atoms with Crippen molar-refractivity contribution in [2.24, 2.45) is 0 Å². The topological polar surface area (TPSA) is 20.2 Å². The monoisotopic (exact) mass is 286 g/mol. The molecule has 1 fully saturated rings. The van der Waals surface area contributed by atoms with Gasteiger partial charge in [-0.3, -0.25) is 0 Å². The maximum Gasteiger partial charge on any atom is 0.0964 e. The summed E-state index contributed by atoms with van der Waals surface area (Å²) in [4.78, 5) is 0. The van der Waals surface area contributed by atoms with E-state index in [1.54, 1.807) is 0 Å². The summed E-state index contributed by atoms with van der Waals surface area (Å²) in [5.74, 6) is 0.165. The summed E-state index contributed by atoms with van der Waals surface area (Å²) in [6.07, 6.45) is 4.09. The average molecular weight is 287 g/mol. The van der Waals surface area contributed by atoms with Gasteiger partial charge in [-0.05, 0) is 36.1 Å². The molecule has 2 aromatic rings. The lowest BCUT2D eigenvalue weighted by Crippen LogP contribution is -2.36. The summed E-state index contributed by atoms with van der Waals surface area (Å²) in [7, 11) is 0. The van der Waals surface area contributed by atoms with Crippen LogP contribution in [0.3, 0.4) is 0 Å². The van der Waals surface area contributed by atoms with Crippen molar-refractivity contribution in [2.45, 2.75) is 37.2 Å². The average Bonchev–Trinajstić information content (AvgIpc) is 2.49. The lowest BCUT2D eigenvalue weighted by Gasteiger charge is -2.41. The Hall–Kier alpha value is -1.31. The fourth-order valence-electron chi connectivity index (χ4n) is 3.37. The Kier molecular flexibility index (Phi) is 3.82. The lowest BCUT2D eigenvalue weighted by atomic mass is 9.69. The molecule has 2 heteroatoms. The van der Waals surface area contributed by atoms with E-state index in [9.17, 15) is 5.11 Å². The van der Waals surface area contributed by atoms with E-state index in [4.69, 9.17) is 11.6 Å². The van der Waals surface area contributed by atoms with Crippen molar-refractivity contribution in [3.8, 4) is 0 Å². The molecule has 3 rings (SSSR count). The van der Waals surface area contributed by atoms with Gasteiger partial charge in [-0.15, -0.1) is 0 Å². The Labute approximate surface area is 125 Å². The van der Waals surface area contributed by atoms with Crippen molar-refractivity contribution in [1.82, 2.24) is 0 Å². The molecule has 20 heavy (non-hydrogen) atoms. The highest BCUT2D eigenvalue weighted by molar-refractivity contribution is 6.30. The van der Waals surface area contributed by atoms with Crippen LogP contribution in [0.15, 0.2) is 54.6 Å². The second-order valence-corrected chi connectivity index (χ2v) is 6.08. The highest BCUT2D eigenvalue weighted by Crippen LogP contribution is 2.47. The van der Waals surface area contributed by atoms with Gasteiger partial charge in [0.15, 0.2) is 0 Å². The van der Waals surface area contributed by atoms with Crippen LogP contribution in [0.4, 0.5) is 0 Å². The van der Waals surface area contributed by atoms with Crippen molar-refractivity contribution in [3.05, 3.63) is 70.7 Å². The molecule has 104 valence electrons. The fraction of sp³-hybridized carbons (Fsp3) is 0.333. The molecule has 2 aromatic carbocycles. The van der Waals surface area contributed by atoms with Crippen LogP contribution >= 0.6 is 11.6 Å². The second kappa shape index (κ2) is 5.59. The van der Waals surface area contributed by atoms with E-state index in [-0.39, 0.29) is 5.92 Å². The lowest BCUT2D eigenvalue weighted by molar-refractivity contribution is -0.0224. The number of rotatable bonds is 2. The van der Waals surface area contributed by atoms with Crippen molar-refractivity contribution in [3.63, 3.8) is 0 Å². The molecule has 0 aromatic heterocycles. The van der Waals surface area contributed by atoms with E-state index < -0.39 is 5.60 Å². The molecular weight excluding hydrogens is 268 g/mol. The van der Waals surface area contributed by atoms with E-state index >= 15 is 0 Å². The van der Waals surface area contributed by atoms with Gasteiger partial charge in [0, 0.05) is 10.9 Å². The summed E-state index contributed by atoms with van der Waals surface area (Å²) < 4.78 is 0. The molecule has 0 saturated heterocycles. The highest BCUT2D eigenvalue weighted by atomic mass is 35.5. The fourth-order valence-corrected chi connectivity index (χ4v) is 3.49. The minimum atomic E-state index is -0.774. The quantitative estimate of drug-likeness (QED) is 0.834. The van der Waals surface area contributed by atoms with Gasteiger partial charge in [-0.2, -0.15) is 0 Å². The first-order valence-corrected chi connectivity index (χ1v) is 7.61. The van der Waals surface area contributed by atoms with E-state index in [0.717, 1.165) is 24.8 Å². The maximum absolute atomic E-state index is 11.3. The summed E-state index contributed by atoms with van der Waals surface area (Å²) in [6.45, 7) is 0. The Balaban J connectivity index is 2.01. The Morgan fingerprint density at radius 1 is 0.950 bits per heavy atom. The second-order valence-electron chi connectivity index (χ2n) is 5.64. The van der Waals surface area contributed by atoms with Crippen LogP contribution in [0.25, 0.3) is 0 Å². The smallest absolute Gasteiger partial charge is 0.0964 e. The molecule has 1 aliphatic carbocycles. The van der Waals surface area contributed by atoms with Crippen molar-refractivity contribution < 1.29 is 5.11 Å². The van der Waals surface area contributed by atoms with Crippen LogP contribution in [0.1, 0.15) is 42.7 Å². The van der Waals surface area contributed by atoms with Crippen molar-refractivity contribution in [2.75, 3.05) is 0 Å². The van der Waals surface area contributed by atoms with E-state index in [1.807, 2.05) is 42.5 Å². The molecule has 1 aliphatic rings. The molecule has 1 nitrogen and oxygen atoms in total. The van der Waals surface area contributed by atoms with Crippen LogP contribution in [0.5, 0.6) is 0 Å². The van der Waals surface area contributed by atoms with Gasteiger partial charge in [0.25, 0.3) is 0 Å². The predicted octanol–water partition coefficient (Wildman–Crippen LogP) is 4.89. The Bertz CT molecular complexity index is 564. The van der Waals surface area contributed by atoms with Gasteiger partial charge in [0.05, 0.1) is 5.60 Å². The molecule has 2 unspecified atom stereocenters. The van der Waals surface area contributed by atoms with E-state index in [0.29, 0.717) is 5.02 Å². The van der Waals surface area contributed by atoms with Crippen LogP contribution in [0.2, 0.25) is 5.02 Å². The number of aliphatic hydroxyl groups is 1. The summed E-state index contributed by atoms with van der Waals surface area (Å²) in [5, 5.41) is 12.0. The molecule has 0 bridgehead atoms. The SMILES string of the molecule is OC1(c2ccc(Cl)cc2)CCCCC1c1ccccc1. The first-order valence-electron chi connectivity index (χ1n) is 7.23. The van der Waals surface area contributed by atoms with Crippen molar-refractivity contribution in [1.29, 1.82) is 0 Å². The van der Waals surface area contributed by atoms with Crippen LogP contribution in [-0.4, -0.2) is 5.11 Å². The third kappa shape index (κ3) is 2.48. The minimum Gasteiger partial charge on any atom is -0.385 e. The van der Waals surface area contributed by atoms with Gasteiger partial charge in [0.2, 0.25) is 0 Å². The van der Waals surface area contributed by atoms with E-state index in [1.165, 1.54) is 12.0 Å². The van der Waals surface area contributed by atoms with Gasteiger partial charge >= 0.3 is 0 Å². The molecule has 0 aliphatic heterocycles. The summed E-state index contributed by atoms with van der Waals surface area (Å²) in [6, 6.07) is 18.0. The summed E-state index contributed by atoms with van der Waals surface area (Å²) in [5.41, 5.74) is 1.43. The Morgan fingerprint density at radius 3 is 2.35 bits per heavy atom. The molecular formula is C18H19ClO. The third-order valence-electron chi connectivity index (χ3n) is 4.42. The zero-order valence-electron chi connectivity index (χ0n) is 11.4. The number of halogens is 1. The first-order chi connectivity index (χ1) is 9.70. The molecule has 2 atom stereocenters. The predicted molar refractivity (Wildman–Crippen MR) is 83.0 cm³/mol. The number of benzene rings is 2. The molecule has 1 saturated carbocycles. The minimum absolute atomic E-state index is 0.165. The van der Waals surface area contributed by atoms with Gasteiger partial charge < -0.3 is 5.11 Å². The third-order valence-corrected chi connectivity index (χ3v) is 4.68. The zero-order valence-corrected chi connectivity index (χ0v) is 12.2. The maximum atomic E-state index is 11.3. The molecule has 0 radical (unpaired) electrons. The summed E-state index contributed by atoms with van der Waals surface area (Å²) >= 11 is 5.97. The van der Waals surface area contributed by atoms with Crippen LogP contribution < -0.4 is 0 Å². The number of hydrogen-bond acceptors (Lipinski definition) is 1. The molecule has 1 N–H and O–H groups in total. The molecule has 0 heterocycles. The first kappa shape index (κ1) is 13.7. The Morgan fingerprint density at radius 2 is 1.65 bits per heavy atom. The zero-order chi connectivity index (χ0) is 14.0. The van der Waals surface area contributed by atoms with Crippen molar-refractivity contribution >= 4 is 11.6 Å². The standard InChI is InChI=1S/C18H19ClO/c19-16-11-9-15(10-12-16)18(20)13-5-4-8-17(18)14-6-2-1-3-7-14/h1-3,6-7,9-12,17,20H,4-5,8,13H2. The van der Waals surface area contributed by atoms with Gasteiger partial charge in [0.1, 0.15) is 0 Å². The molecule has 0 amide bonds. The van der Waals surface area contributed by atoms with Gasteiger partial charge in [-0.25, -0.2) is 0 Å².